The number of halogens is 1. The highest BCUT2D eigenvalue weighted by atomic mass is 35.5. The molecule has 168 valence electrons. The lowest BCUT2D eigenvalue weighted by Gasteiger charge is -2.16. The molecule has 4 heteroatoms. The molecule has 0 radical (unpaired) electrons. The van der Waals surface area contributed by atoms with E-state index in [0.29, 0.717) is 16.3 Å². The Kier molecular flexibility index (Phi) is 5.32. The highest BCUT2D eigenvalue weighted by molar-refractivity contribution is 6.35. The Balaban J connectivity index is 1.62. The quantitative estimate of drug-likeness (QED) is 0.275. The van der Waals surface area contributed by atoms with Crippen LogP contribution in [0.3, 0.4) is 0 Å². The van der Waals surface area contributed by atoms with E-state index in [2.05, 4.69) is 64.5 Å². The van der Waals surface area contributed by atoms with Gasteiger partial charge in [0.15, 0.2) is 0 Å². The van der Waals surface area contributed by atoms with Gasteiger partial charge >= 0.3 is 0 Å². The molecule has 0 unspecified atom stereocenters. The second-order valence-electron chi connectivity index (χ2n) is 8.37. The minimum absolute atomic E-state index is 0.198. The molecule has 1 aromatic heterocycles. The van der Waals surface area contributed by atoms with Gasteiger partial charge in [0.05, 0.1) is 21.7 Å². The zero-order valence-corrected chi connectivity index (χ0v) is 19.5. The van der Waals surface area contributed by atoms with Crippen LogP contribution in [0.2, 0.25) is 5.02 Å². The van der Waals surface area contributed by atoms with Gasteiger partial charge in [-0.05, 0) is 36.4 Å². The first-order valence-electron chi connectivity index (χ1n) is 11.5. The van der Waals surface area contributed by atoms with Crippen molar-refractivity contribution in [2.45, 2.75) is 0 Å². The van der Waals surface area contributed by atoms with Gasteiger partial charge in [-0.25, -0.2) is 0 Å². The second-order valence-corrected chi connectivity index (χ2v) is 8.78. The summed E-state index contributed by atoms with van der Waals surface area (Å²) in [5, 5.41) is 5.88. The van der Waals surface area contributed by atoms with Gasteiger partial charge in [0.25, 0.3) is 5.91 Å². The molecule has 0 aliphatic rings. The fourth-order valence-electron chi connectivity index (χ4n) is 4.73. The average Bonchev–Trinajstić information content (AvgIpc) is 3.25. The van der Waals surface area contributed by atoms with Crippen LogP contribution >= 0.6 is 11.6 Å². The molecule has 0 saturated heterocycles. The van der Waals surface area contributed by atoms with Crippen LogP contribution in [0.25, 0.3) is 38.6 Å². The summed E-state index contributed by atoms with van der Waals surface area (Å²) in [4.78, 5) is 13.1. The summed E-state index contributed by atoms with van der Waals surface area (Å²) in [6, 6.07) is 39.9. The molecule has 1 heterocycles. The molecule has 0 atom stereocenters. The first-order valence-corrected chi connectivity index (χ1v) is 11.8. The van der Waals surface area contributed by atoms with Crippen molar-refractivity contribution < 1.29 is 4.79 Å². The van der Waals surface area contributed by atoms with Gasteiger partial charge in [-0.1, -0.05) is 96.5 Å². The number of benzene rings is 5. The van der Waals surface area contributed by atoms with Crippen LogP contribution in [0.4, 0.5) is 5.69 Å². The van der Waals surface area contributed by atoms with Gasteiger partial charge in [-0.15, -0.1) is 0 Å². The minimum atomic E-state index is -0.198. The second kappa shape index (κ2) is 8.79. The Labute approximate surface area is 208 Å². The van der Waals surface area contributed by atoms with Crippen LogP contribution < -0.4 is 5.32 Å². The van der Waals surface area contributed by atoms with Crippen LogP contribution in [0, 0.1) is 0 Å². The third kappa shape index (κ3) is 3.67. The molecule has 35 heavy (non-hydrogen) atoms. The Morgan fingerprint density at radius 2 is 1.26 bits per heavy atom. The molecule has 5 aromatic carbocycles. The smallest absolute Gasteiger partial charge is 0.255 e. The molecular formula is C31H21ClN2O. The summed E-state index contributed by atoms with van der Waals surface area (Å²) in [5.74, 6) is -0.198. The molecule has 3 nitrogen and oxygen atoms in total. The first kappa shape index (κ1) is 21.2. The van der Waals surface area contributed by atoms with Crippen LogP contribution in [0.15, 0.2) is 121 Å². The van der Waals surface area contributed by atoms with Crippen molar-refractivity contribution in [3.05, 3.63) is 132 Å². The summed E-state index contributed by atoms with van der Waals surface area (Å²) in [6.45, 7) is 0. The maximum Gasteiger partial charge on any atom is 0.255 e. The van der Waals surface area contributed by atoms with Gasteiger partial charge in [-0.2, -0.15) is 0 Å². The number of hydrogen-bond acceptors (Lipinski definition) is 1. The molecule has 6 rings (SSSR count). The molecule has 0 saturated carbocycles. The monoisotopic (exact) mass is 472 g/mol. The summed E-state index contributed by atoms with van der Waals surface area (Å²) >= 11 is 6.68. The van der Waals surface area contributed by atoms with Gasteiger partial charge in [-0.3, -0.25) is 4.79 Å². The van der Waals surface area contributed by atoms with Crippen LogP contribution in [-0.2, 0) is 0 Å². The number of para-hydroxylation sites is 4. The number of carbonyl (C=O) groups excluding carboxylic acids is 1. The summed E-state index contributed by atoms with van der Waals surface area (Å²) in [7, 11) is 0. The van der Waals surface area contributed by atoms with E-state index in [1.807, 2.05) is 48.5 Å². The number of rotatable bonds is 4. The van der Waals surface area contributed by atoms with Gasteiger partial charge in [0, 0.05) is 33.2 Å². The fraction of sp³-hybridized carbons (Fsp3) is 0. The topological polar surface area (TPSA) is 34.0 Å². The van der Waals surface area contributed by atoms with Crippen molar-refractivity contribution in [2.24, 2.45) is 0 Å². The fourth-order valence-corrected chi connectivity index (χ4v) is 4.95. The van der Waals surface area contributed by atoms with E-state index in [4.69, 9.17) is 11.6 Å². The molecule has 0 fully saturated rings. The summed E-state index contributed by atoms with van der Waals surface area (Å²) < 4.78 is 2.28. The number of hydrogen-bond donors (Lipinski definition) is 1. The van der Waals surface area contributed by atoms with Gasteiger partial charge in [0.2, 0.25) is 0 Å². The van der Waals surface area contributed by atoms with E-state index in [-0.39, 0.29) is 5.91 Å². The highest BCUT2D eigenvalue weighted by Gasteiger charge is 2.20. The van der Waals surface area contributed by atoms with Crippen molar-refractivity contribution >= 4 is 45.0 Å². The maximum absolute atomic E-state index is 13.1. The van der Waals surface area contributed by atoms with Crippen molar-refractivity contribution in [1.82, 2.24) is 4.57 Å². The van der Waals surface area contributed by atoms with E-state index in [1.165, 1.54) is 5.39 Å². The number of aromatic nitrogens is 1. The van der Waals surface area contributed by atoms with Crippen molar-refractivity contribution in [1.29, 1.82) is 0 Å². The zero-order chi connectivity index (χ0) is 23.8. The molecule has 6 aromatic rings. The Morgan fingerprint density at radius 1 is 0.629 bits per heavy atom. The Morgan fingerprint density at radius 3 is 2.06 bits per heavy atom. The summed E-state index contributed by atoms with van der Waals surface area (Å²) in [5.41, 5.74) is 6.30. The SMILES string of the molecule is O=C(Nc1c(Cl)cccc1-c1cccc2c3ccccc3n(-c3ccccc3)c12)c1ccccc1. The van der Waals surface area contributed by atoms with E-state index in [1.54, 1.807) is 18.2 Å². The summed E-state index contributed by atoms with van der Waals surface area (Å²) in [6.07, 6.45) is 0. The maximum atomic E-state index is 13.1. The van der Waals surface area contributed by atoms with E-state index < -0.39 is 0 Å². The lowest BCUT2D eigenvalue weighted by molar-refractivity contribution is 0.102. The normalized spacial score (nSPS) is 11.1. The van der Waals surface area contributed by atoms with E-state index >= 15 is 0 Å². The lowest BCUT2D eigenvalue weighted by Crippen LogP contribution is -2.13. The molecule has 0 bridgehead atoms. The van der Waals surface area contributed by atoms with Gasteiger partial charge < -0.3 is 9.88 Å². The standard InChI is InChI=1S/C31H21ClN2O/c32-27-19-10-16-24(29(27)33-31(35)21-11-3-1-4-12-21)26-18-9-17-25-23-15-7-8-20-28(23)34(30(25)26)22-13-5-2-6-14-22/h1-20H,(H,33,35). The number of carbonyl (C=O) groups is 1. The highest BCUT2D eigenvalue weighted by Crippen LogP contribution is 2.42. The number of anilines is 1. The number of fused-ring (bicyclic) bond motifs is 3. The zero-order valence-electron chi connectivity index (χ0n) is 18.8. The largest absolute Gasteiger partial charge is 0.320 e. The van der Waals surface area contributed by atoms with Crippen molar-refractivity contribution in [3.8, 4) is 16.8 Å². The number of amides is 1. The molecule has 0 spiro atoms. The van der Waals surface area contributed by atoms with E-state index in [9.17, 15) is 4.79 Å². The van der Waals surface area contributed by atoms with Crippen LogP contribution in [0.5, 0.6) is 0 Å². The average molecular weight is 473 g/mol. The first-order chi connectivity index (χ1) is 17.2. The van der Waals surface area contributed by atoms with Crippen LogP contribution in [0.1, 0.15) is 10.4 Å². The van der Waals surface area contributed by atoms with Crippen molar-refractivity contribution in [3.63, 3.8) is 0 Å². The Bertz CT molecular complexity index is 1690. The van der Waals surface area contributed by atoms with Crippen molar-refractivity contribution in [2.75, 3.05) is 5.32 Å². The molecule has 0 aliphatic carbocycles. The number of nitrogens with one attached hydrogen (secondary N) is 1. The van der Waals surface area contributed by atoms with E-state index in [0.717, 1.165) is 33.2 Å². The third-order valence-corrected chi connectivity index (χ3v) is 6.60. The van der Waals surface area contributed by atoms with Crippen LogP contribution in [-0.4, -0.2) is 10.5 Å². The molecule has 0 aliphatic heterocycles. The molecule has 1 amide bonds. The predicted octanol–water partition coefficient (Wildman–Crippen LogP) is 8.36. The predicted molar refractivity (Wildman–Crippen MR) is 146 cm³/mol. The Hall–Kier alpha value is -4.34. The number of nitrogens with zero attached hydrogens (tertiary/aromatic N) is 1. The van der Waals surface area contributed by atoms with Gasteiger partial charge in [0.1, 0.15) is 0 Å². The minimum Gasteiger partial charge on any atom is -0.320 e. The lowest BCUT2D eigenvalue weighted by atomic mass is 9.99. The molecular weight excluding hydrogens is 452 g/mol. The third-order valence-electron chi connectivity index (χ3n) is 6.29. The molecule has 1 N–H and O–H groups in total.